The molecule has 2 aromatic heterocycles. The van der Waals surface area contributed by atoms with E-state index in [0.29, 0.717) is 6.54 Å². The molecule has 3 heterocycles. The van der Waals surface area contributed by atoms with E-state index >= 15 is 0 Å². The van der Waals surface area contributed by atoms with Gasteiger partial charge in [-0.3, -0.25) is 10.1 Å². The lowest BCUT2D eigenvalue weighted by Crippen LogP contribution is -2.42. The summed E-state index contributed by atoms with van der Waals surface area (Å²) in [5, 5.41) is 9.76. The number of urea groups is 1. The molecule has 1 unspecified atom stereocenters. The number of carbonyl (C=O) groups excluding carboxylic acids is 1. The average molecular weight is 313 g/mol. The van der Waals surface area contributed by atoms with E-state index in [4.69, 9.17) is 0 Å². The van der Waals surface area contributed by atoms with Gasteiger partial charge in [0.1, 0.15) is 0 Å². The topological polar surface area (TPSA) is 73.9 Å². The molecule has 0 bridgehead atoms. The molecule has 1 atom stereocenters. The number of likely N-dealkylation sites (tertiary alicyclic amines) is 1. The van der Waals surface area contributed by atoms with Crippen molar-refractivity contribution in [2.75, 3.05) is 13.1 Å². The van der Waals surface area contributed by atoms with Crippen LogP contribution in [0.1, 0.15) is 42.9 Å². The van der Waals surface area contributed by atoms with Crippen LogP contribution < -0.4 is 5.32 Å². The highest BCUT2D eigenvalue weighted by Crippen LogP contribution is 2.29. The lowest BCUT2D eigenvalue weighted by molar-refractivity contribution is 0.176. The van der Waals surface area contributed by atoms with Gasteiger partial charge in [0.15, 0.2) is 0 Å². The van der Waals surface area contributed by atoms with Crippen molar-refractivity contribution in [3.8, 4) is 0 Å². The predicted molar refractivity (Wildman–Crippen MR) is 87.8 cm³/mol. The van der Waals surface area contributed by atoms with Crippen LogP contribution in [0, 0.1) is 0 Å². The Bertz CT molecular complexity index is 599. The molecular weight excluding hydrogens is 290 g/mol. The second kappa shape index (κ2) is 7.76. The molecule has 122 valence electrons. The third-order valence-corrected chi connectivity index (χ3v) is 4.35. The van der Waals surface area contributed by atoms with Crippen molar-refractivity contribution in [2.24, 2.45) is 0 Å². The molecule has 0 aromatic carbocycles. The fraction of sp³-hybridized carbons (Fsp3) is 0.471. The van der Waals surface area contributed by atoms with Crippen LogP contribution in [-0.4, -0.2) is 39.2 Å². The van der Waals surface area contributed by atoms with Crippen molar-refractivity contribution in [1.82, 2.24) is 25.4 Å². The number of H-pyrrole nitrogens is 1. The quantitative estimate of drug-likeness (QED) is 0.911. The first kappa shape index (κ1) is 15.5. The zero-order valence-corrected chi connectivity index (χ0v) is 13.2. The normalized spacial score (nSPS) is 18.4. The van der Waals surface area contributed by atoms with Crippen molar-refractivity contribution in [3.63, 3.8) is 0 Å². The van der Waals surface area contributed by atoms with Gasteiger partial charge in [-0.1, -0.05) is 12.8 Å². The molecule has 2 N–H and O–H groups in total. The summed E-state index contributed by atoms with van der Waals surface area (Å²) in [7, 11) is 0. The minimum absolute atomic E-state index is 0.0252. The molecule has 2 aromatic rings. The Morgan fingerprint density at radius 1 is 1.30 bits per heavy atom. The van der Waals surface area contributed by atoms with Crippen LogP contribution in [0.3, 0.4) is 0 Å². The SMILES string of the molecule is O=C(NCCc1cn[nH]c1)N1CCCCCC1c1ccncc1. The molecule has 6 heteroatoms. The summed E-state index contributed by atoms with van der Waals surface area (Å²) in [6, 6.07) is 4.20. The van der Waals surface area contributed by atoms with Gasteiger partial charge in [-0.05, 0) is 42.5 Å². The molecule has 2 amide bonds. The van der Waals surface area contributed by atoms with Crippen molar-refractivity contribution in [3.05, 3.63) is 48.0 Å². The first-order valence-corrected chi connectivity index (χ1v) is 8.26. The predicted octanol–water partition coefficient (Wildman–Crippen LogP) is 2.67. The molecule has 0 spiro atoms. The summed E-state index contributed by atoms with van der Waals surface area (Å²) in [5.41, 5.74) is 2.28. The molecule has 0 aliphatic carbocycles. The smallest absolute Gasteiger partial charge is 0.317 e. The van der Waals surface area contributed by atoms with Crippen LogP contribution in [0.25, 0.3) is 0 Å². The standard InChI is InChI=1S/C17H23N5O/c23-17(19-10-5-14-12-20-21-13-14)22-11-3-1-2-4-16(22)15-6-8-18-9-7-15/h6-9,12-13,16H,1-5,10-11H2,(H,19,23)(H,20,21). The third kappa shape index (κ3) is 4.09. The number of amides is 2. The zero-order chi connectivity index (χ0) is 15.9. The Labute approximate surface area is 136 Å². The Balaban J connectivity index is 1.63. The maximum Gasteiger partial charge on any atom is 0.317 e. The van der Waals surface area contributed by atoms with Gasteiger partial charge in [-0.2, -0.15) is 5.10 Å². The molecule has 3 rings (SSSR count). The monoisotopic (exact) mass is 313 g/mol. The van der Waals surface area contributed by atoms with Gasteiger partial charge in [0, 0.05) is 31.7 Å². The maximum atomic E-state index is 12.6. The lowest BCUT2D eigenvalue weighted by atomic mass is 10.0. The molecule has 1 aliphatic rings. The zero-order valence-electron chi connectivity index (χ0n) is 13.2. The summed E-state index contributed by atoms with van der Waals surface area (Å²) >= 11 is 0. The lowest BCUT2D eigenvalue weighted by Gasteiger charge is -2.30. The van der Waals surface area contributed by atoms with E-state index in [0.717, 1.165) is 37.8 Å². The molecular formula is C17H23N5O. The van der Waals surface area contributed by atoms with Crippen molar-refractivity contribution in [1.29, 1.82) is 0 Å². The van der Waals surface area contributed by atoms with E-state index in [1.807, 2.05) is 23.2 Å². The Hall–Kier alpha value is -2.37. The van der Waals surface area contributed by atoms with Crippen LogP contribution in [-0.2, 0) is 6.42 Å². The highest BCUT2D eigenvalue weighted by atomic mass is 16.2. The molecule has 1 fully saturated rings. The maximum absolute atomic E-state index is 12.6. The van der Waals surface area contributed by atoms with Gasteiger partial charge < -0.3 is 10.2 Å². The van der Waals surface area contributed by atoms with Crippen LogP contribution >= 0.6 is 0 Å². The van der Waals surface area contributed by atoms with E-state index in [1.54, 1.807) is 18.6 Å². The molecule has 6 nitrogen and oxygen atoms in total. The number of hydrogen-bond donors (Lipinski definition) is 2. The number of hydrogen-bond acceptors (Lipinski definition) is 3. The van der Waals surface area contributed by atoms with Gasteiger partial charge in [0.05, 0.1) is 12.2 Å². The number of aromatic amines is 1. The number of carbonyl (C=O) groups is 1. The summed E-state index contributed by atoms with van der Waals surface area (Å²) in [6.07, 6.45) is 12.5. The van der Waals surface area contributed by atoms with Crippen LogP contribution in [0.2, 0.25) is 0 Å². The first-order chi connectivity index (χ1) is 11.3. The number of nitrogens with zero attached hydrogens (tertiary/aromatic N) is 3. The Kier molecular flexibility index (Phi) is 5.24. The van der Waals surface area contributed by atoms with Gasteiger partial charge in [-0.15, -0.1) is 0 Å². The average Bonchev–Trinajstić information content (AvgIpc) is 2.97. The van der Waals surface area contributed by atoms with Crippen LogP contribution in [0.4, 0.5) is 4.79 Å². The summed E-state index contributed by atoms with van der Waals surface area (Å²) in [6.45, 7) is 1.43. The van der Waals surface area contributed by atoms with E-state index in [2.05, 4.69) is 20.5 Å². The van der Waals surface area contributed by atoms with E-state index < -0.39 is 0 Å². The number of aromatic nitrogens is 3. The molecule has 0 saturated carbocycles. The minimum Gasteiger partial charge on any atom is -0.338 e. The highest BCUT2D eigenvalue weighted by Gasteiger charge is 2.26. The van der Waals surface area contributed by atoms with Crippen molar-refractivity contribution in [2.45, 2.75) is 38.1 Å². The van der Waals surface area contributed by atoms with Gasteiger partial charge in [-0.25, -0.2) is 4.79 Å². The fourth-order valence-corrected chi connectivity index (χ4v) is 3.11. The van der Waals surface area contributed by atoms with Crippen molar-refractivity contribution >= 4 is 6.03 Å². The van der Waals surface area contributed by atoms with Crippen LogP contribution in [0.15, 0.2) is 36.9 Å². The molecule has 1 saturated heterocycles. The number of pyridine rings is 1. The van der Waals surface area contributed by atoms with Crippen molar-refractivity contribution < 1.29 is 4.79 Å². The van der Waals surface area contributed by atoms with Gasteiger partial charge in [0.2, 0.25) is 0 Å². The molecule has 0 radical (unpaired) electrons. The van der Waals surface area contributed by atoms with E-state index in [-0.39, 0.29) is 12.1 Å². The second-order valence-electron chi connectivity index (χ2n) is 5.93. The third-order valence-electron chi connectivity index (χ3n) is 4.35. The highest BCUT2D eigenvalue weighted by molar-refractivity contribution is 5.74. The molecule has 1 aliphatic heterocycles. The largest absolute Gasteiger partial charge is 0.338 e. The van der Waals surface area contributed by atoms with Gasteiger partial charge in [0.25, 0.3) is 0 Å². The Morgan fingerprint density at radius 2 is 2.17 bits per heavy atom. The molecule has 23 heavy (non-hydrogen) atoms. The summed E-state index contributed by atoms with van der Waals surface area (Å²) in [4.78, 5) is 18.7. The second-order valence-corrected chi connectivity index (χ2v) is 5.93. The number of rotatable bonds is 4. The Morgan fingerprint density at radius 3 is 2.96 bits per heavy atom. The van der Waals surface area contributed by atoms with E-state index in [9.17, 15) is 4.79 Å². The van der Waals surface area contributed by atoms with Gasteiger partial charge >= 0.3 is 6.03 Å². The van der Waals surface area contributed by atoms with Crippen LogP contribution in [0.5, 0.6) is 0 Å². The summed E-state index contributed by atoms with van der Waals surface area (Å²) < 4.78 is 0. The first-order valence-electron chi connectivity index (χ1n) is 8.26. The fourth-order valence-electron chi connectivity index (χ4n) is 3.11. The minimum atomic E-state index is 0.0252. The van der Waals surface area contributed by atoms with E-state index in [1.165, 1.54) is 12.0 Å². The number of nitrogens with one attached hydrogen (secondary N) is 2. The summed E-state index contributed by atoms with van der Waals surface area (Å²) in [5.74, 6) is 0.